The van der Waals surface area contributed by atoms with Gasteiger partial charge in [-0.05, 0) is 67.6 Å². The molecule has 2 N–H and O–H groups in total. The molecule has 36 heavy (non-hydrogen) atoms. The second-order valence-corrected chi connectivity index (χ2v) is 8.55. The van der Waals surface area contributed by atoms with Gasteiger partial charge in [0.25, 0.3) is 0 Å². The van der Waals surface area contributed by atoms with E-state index in [9.17, 15) is 9.59 Å². The number of ether oxygens (including phenoxy) is 1. The topological polar surface area (TPSA) is 112 Å². The number of rotatable bonds is 5. The first-order chi connectivity index (χ1) is 17.4. The standard InChI is InChI=1S/C26H26N6O4/c1-17-3-12-22-24(31-13-15-36-16-14-31)28-23(29-32(17)22)18-4-8-20(9-5-18)27-26(35)30(2)21-10-6-19(7-11-21)25(33)34/h3-12H,13-16H2,1-2H3,(H,27,35)(H,33,34). The average Bonchev–Trinajstić information content (AvgIpc) is 3.29. The number of aromatic nitrogens is 3. The van der Waals surface area contributed by atoms with Crippen molar-refractivity contribution in [3.63, 3.8) is 0 Å². The Bertz CT molecular complexity index is 1410. The Morgan fingerprint density at radius 3 is 2.36 bits per heavy atom. The van der Waals surface area contributed by atoms with E-state index in [1.165, 1.54) is 17.0 Å². The number of carbonyl (C=O) groups excluding carboxylic acids is 1. The predicted octanol–water partition coefficient (Wildman–Crippen LogP) is 3.91. The van der Waals surface area contributed by atoms with E-state index in [2.05, 4.69) is 10.2 Å². The van der Waals surface area contributed by atoms with Gasteiger partial charge in [0, 0.05) is 42.8 Å². The molecule has 1 fully saturated rings. The van der Waals surface area contributed by atoms with Crippen LogP contribution in [0.3, 0.4) is 0 Å². The van der Waals surface area contributed by atoms with Crippen molar-refractivity contribution in [2.24, 2.45) is 0 Å². The number of aromatic carboxylic acids is 1. The molecule has 2 aromatic carbocycles. The van der Waals surface area contributed by atoms with Crippen LogP contribution in [-0.2, 0) is 4.74 Å². The van der Waals surface area contributed by atoms with E-state index in [-0.39, 0.29) is 11.6 Å². The van der Waals surface area contributed by atoms with Crippen LogP contribution in [0.5, 0.6) is 0 Å². The molecular formula is C26H26N6O4. The number of morpholine rings is 1. The molecule has 1 aliphatic rings. The molecule has 10 heteroatoms. The minimum absolute atomic E-state index is 0.162. The fraction of sp³-hybridized carbons (Fsp3) is 0.231. The van der Waals surface area contributed by atoms with Crippen LogP contribution in [0.4, 0.5) is 22.0 Å². The highest BCUT2D eigenvalue weighted by Crippen LogP contribution is 2.26. The fourth-order valence-electron chi connectivity index (χ4n) is 4.09. The lowest BCUT2D eigenvalue weighted by molar-refractivity contribution is 0.0697. The summed E-state index contributed by atoms with van der Waals surface area (Å²) in [7, 11) is 1.62. The third-order valence-corrected chi connectivity index (χ3v) is 6.19. The minimum Gasteiger partial charge on any atom is -0.478 e. The molecule has 1 saturated heterocycles. The molecule has 4 aromatic rings. The molecule has 2 aromatic heterocycles. The maximum atomic E-state index is 12.7. The first kappa shape index (κ1) is 23.3. The number of carbonyl (C=O) groups is 2. The molecule has 3 heterocycles. The van der Waals surface area contributed by atoms with Gasteiger partial charge in [-0.1, -0.05) is 0 Å². The SMILES string of the molecule is Cc1ccc2c(N3CCOCC3)nc(-c3ccc(NC(=O)N(C)c4ccc(C(=O)O)cc4)cc3)nn12. The van der Waals surface area contributed by atoms with Gasteiger partial charge < -0.3 is 20.1 Å². The summed E-state index contributed by atoms with van der Waals surface area (Å²) in [5.41, 5.74) is 4.16. The lowest BCUT2D eigenvalue weighted by Crippen LogP contribution is -2.37. The number of hydrogen-bond donors (Lipinski definition) is 2. The van der Waals surface area contributed by atoms with Crippen LogP contribution in [0.1, 0.15) is 16.1 Å². The molecule has 0 bridgehead atoms. The van der Waals surface area contributed by atoms with Crippen molar-refractivity contribution in [2.45, 2.75) is 6.92 Å². The summed E-state index contributed by atoms with van der Waals surface area (Å²) in [6.07, 6.45) is 0. The molecule has 2 amide bonds. The summed E-state index contributed by atoms with van der Waals surface area (Å²) in [6, 6.07) is 17.2. The van der Waals surface area contributed by atoms with Gasteiger partial charge in [-0.2, -0.15) is 0 Å². The number of amides is 2. The van der Waals surface area contributed by atoms with Crippen LogP contribution >= 0.6 is 0 Å². The zero-order valence-corrected chi connectivity index (χ0v) is 20.0. The monoisotopic (exact) mass is 486 g/mol. The maximum absolute atomic E-state index is 12.7. The van der Waals surface area contributed by atoms with Crippen molar-refractivity contribution in [3.8, 4) is 11.4 Å². The van der Waals surface area contributed by atoms with Gasteiger partial charge in [0.05, 0.1) is 18.8 Å². The molecule has 5 rings (SSSR count). The number of anilines is 3. The molecule has 0 spiro atoms. The Balaban J connectivity index is 1.35. The number of nitrogens with one attached hydrogen (secondary N) is 1. The summed E-state index contributed by atoms with van der Waals surface area (Å²) in [5.74, 6) is 0.460. The van der Waals surface area contributed by atoms with E-state index in [4.69, 9.17) is 19.9 Å². The van der Waals surface area contributed by atoms with Crippen molar-refractivity contribution in [1.82, 2.24) is 14.6 Å². The molecule has 0 saturated carbocycles. The molecule has 10 nitrogen and oxygen atoms in total. The number of benzene rings is 2. The first-order valence-corrected chi connectivity index (χ1v) is 11.6. The maximum Gasteiger partial charge on any atom is 0.335 e. The summed E-state index contributed by atoms with van der Waals surface area (Å²) in [6.45, 7) is 4.88. The van der Waals surface area contributed by atoms with E-state index in [1.807, 2.05) is 35.7 Å². The van der Waals surface area contributed by atoms with E-state index in [0.29, 0.717) is 30.4 Å². The van der Waals surface area contributed by atoms with E-state index in [1.54, 1.807) is 31.3 Å². The van der Waals surface area contributed by atoms with E-state index < -0.39 is 5.97 Å². The lowest BCUT2D eigenvalue weighted by atomic mass is 10.2. The van der Waals surface area contributed by atoms with Gasteiger partial charge in [-0.25, -0.2) is 19.1 Å². The van der Waals surface area contributed by atoms with Crippen LogP contribution in [0.25, 0.3) is 16.9 Å². The van der Waals surface area contributed by atoms with Crippen LogP contribution < -0.4 is 15.1 Å². The summed E-state index contributed by atoms with van der Waals surface area (Å²) >= 11 is 0. The summed E-state index contributed by atoms with van der Waals surface area (Å²) < 4.78 is 7.41. The van der Waals surface area contributed by atoms with E-state index in [0.717, 1.165) is 35.7 Å². The Hall–Kier alpha value is -4.44. The minimum atomic E-state index is -1.01. The molecule has 0 unspecified atom stereocenters. The average molecular weight is 487 g/mol. The zero-order valence-electron chi connectivity index (χ0n) is 20.0. The van der Waals surface area contributed by atoms with Gasteiger partial charge in [-0.3, -0.25) is 4.90 Å². The van der Waals surface area contributed by atoms with Crippen LogP contribution in [0.15, 0.2) is 60.7 Å². The highest BCUT2D eigenvalue weighted by atomic mass is 16.5. The van der Waals surface area contributed by atoms with Crippen LogP contribution in [-0.4, -0.2) is 65.1 Å². The van der Waals surface area contributed by atoms with Gasteiger partial charge in [0.2, 0.25) is 0 Å². The number of nitrogens with zero attached hydrogens (tertiary/aromatic N) is 5. The summed E-state index contributed by atoms with van der Waals surface area (Å²) in [5, 5.41) is 16.7. The first-order valence-electron chi connectivity index (χ1n) is 11.6. The third kappa shape index (κ3) is 4.58. The zero-order chi connectivity index (χ0) is 25.2. The number of carboxylic acids is 1. The highest BCUT2D eigenvalue weighted by molar-refractivity contribution is 6.01. The van der Waals surface area contributed by atoms with Gasteiger partial charge >= 0.3 is 12.0 Å². The van der Waals surface area contributed by atoms with Gasteiger partial charge in [-0.15, -0.1) is 5.10 Å². The number of aryl methyl sites for hydroxylation is 1. The van der Waals surface area contributed by atoms with Crippen molar-refractivity contribution >= 4 is 34.7 Å². The highest BCUT2D eigenvalue weighted by Gasteiger charge is 2.19. The Morgan fingerprint density at radius 1 is 1.00 bits per heavy atom. The normalized spacial score (nSPS) is 13.6. The van der Waals surface area contributed by atoms with Crippen LogP contribution in [0.2, 0.25) is 0 Å². The molecular weight excluding hydrogens is 460 g/mol. The van der Waals surface area contributed by atoms with Gasteiger partial charge in [0.1, 0.15) is 5.52 Å². The molecule has 1 aliphatic heterocycles. The van der Waals surface area contributed by atoms with E-state index >= 15 is 0 Å². The van der Waals surface area contributed by atoms with Crippen molar-refractivity contribution in [1.29, 1.82) is 0 Å². The number of carboxylic acid groups (broad SMARTS) is 1. The quantitative estimate of drug-likeness (QED) is 0.440. The van der Waals surface area contributed by atoms with Crippen molar-refractivity contribution in [2.75, 3.05) is 48.5 Å². The second kappa shape index (κ2) is 9.67. The predicted molar refractivity (Wildman–Crippen MR) is 137 cm³/mol. The second-order valence-electron chi connectivity index (χ2n) is 8.55. The van der Waals surface area contributed by atoms with Gasteiger partial charge in [0.15, 0.2) is 11.6 Å². The van der Waals surface area contributed by atoms with Crippen molar-refractivity contribution in [3.05, 3.63) is 71.9 Å². The molecule has 0 radical (unpaired) electrons. The summed E-state index contributed by atoms with van der Waals surface area (Å²) in [4.78, 5) is 32.3. The lowest BCUT2D eigenvalue weighted by Gasteiger charge is -2.28. The van der Waals surface area contributed by atoms with Crippen LogP contribution in [0, 0.1) is 6.92 Å². The van der Waals surface area contributed by atoms with Crippen molar-refractivity contribution < 1.29 is 19.4 Å². The Kier molecular flexibility index (Phi) is 6.26. The molecule has 184 valence electrons. The molecule has 0 atom stereocenters. The third-order valence-electron chi connectivity index (χ3n) is 6.19. The largest absolute Gasteiger partial charge is 0.478 e. The Labute approximate surface area is 207 Å². The smallest absolute Gasteiger partial charge is 0.335 e. The Morgan fingerprint density at radius 2 is 1.69 bits per heavy atom. The number of hydrogen-bond acceptors (Lipinski definition) is 6. The number of fused-ring (bicyclic) bond motifs is 1. The number of urea groups is 1. The molecule has 0 aliphatic carbocycles. The fourth-order valence-corrected chi connectivity index (χ4v) is 4.09.